The minimum Gasteiger partial charge on any atom is -0.444 e. The van der Waals surface area contributed by atoms with E-state index in [1.54, 1.807) is 20.8 Å². The summed E-state index contributed by atoms with van der Waals surface area (Å²) in [5, 5.41) is 9.05. The monoisotopic (exact) mass is 247 g/mol. The molecular formula is C12H22FNO3. The fourth-order valence-electron chi connectivity index (χ4n) is 1.86. The number of aliphatic hydroxyl groups is 1. The van der Waals surface area contributed by atoms with Gasteiger partial charge in [-0.15, -0.1) is 0 Å². The number of aliphatic hydroxyl groups excluding tert-OH is 1. The second kappa shape index (κ2) is 5.21. The Hall–Kier alpha value is -0.840. The van der Waals surface area contributed by atoms with Gasteiger partial charge in [-0.2, -0.15) is 0 Å². The van der Waals surface area contributed by atoms with Gasteiger partial charge in [0.15, 0.2) is 5.67 Å². The van der Waals surface area contributed by atoms with Crippen LogP contribution >= 0.6 is 0 Å². The van der Waals surface area contributed by atoms with Gasteiger partial charge in [-0.3, -0.25) is 0 Å². The molecule has 0 aliphatic carbocycles. The van der Waals surface area contributed by atoms with E-state index in [2.05, 4.69) is 0 Å². The lowest BCUT2D eigenvalue weighted by Gasteiger charge is -2.30. The summed E-state index contributed by atoms with van der Waals surface area (Å²) < 4.78 is 19.3. The zero-order chi connectivity index (χ0) is 13.1. The number of carbonyl (C=O) groups excluding carboxylic acids is 1. The Kier molecular flexibility index (Phi) is 4.36. The van der Waals surface area contributed by atoms with Crippen LogP contribution in [0.5, 0.6) is 0 Å². The first-order valence-electron chi connectivity index (χ1n) is 6.03. The van der Waals surface area contributed by atoms with E-state index < -0.39 is 24.0 Å². The van der Waals surface area contributed by atoms with Gasteiger partial charge < -0.3 is 14.7 Å². The molecule has 1 unspecified atom stereocenters. The minimum atomic E-state index is -1.69. The van der Waals surface area contributed by atoms with Crippen molar-refractivity contribution in [2.24, 2.45) is 0 Å². The van der Waals surface area contributed by atoms with Crippen molar-refractivity contribution in [3.05, 3.63) is 0 Å². The Labute approximate surface area is 102 Å². The predicted molar refractivity (Wildman–Crippen MR) is 62.6 cm³/mol. The summed E-state index contributed by atoms with van der Waals surface area (Å²) in [6.07, 6.45) is 1.21. The molecule has 0 radical (unpaired) electrons. The maximum absolute atomic E-state index is 14.1. The number of hydrogen-bond acceptors (Lipinski definition) is 3. The number of likely N-dealkylation sites (tertiary alicyclic amines) is 1. The van der Waals surface area contributed by atoms with Crippen molar-refractivity contribution in [1.29, 1.82) is 0 Å². The molecule has 1 saturated heterocycles. The summed E-state index contributed by atoms with van der Waals surface area (Å²) in [5.74, 6) is 0. The molecule has 1 amide bonds. The summed E-state index contributed by atoms with van der Waals surface area (Å²) in [7, 11) is 0. The normalized spacial score (nSPS) is 26.5. The molecule has 17 heavy (non-hydrogen) atoms. The second-order valence-electron chi connectivity index (χ2n) is 5.67. The lowest BCUT2D eigenvalue weighted by Crippen LogP contribution is -2.45. The molecular weight excluding hydrogens is 225 g/mol. The molecule has 1 heterocycles. The maximum atomic E-state index is 14.1. The topological polar surface area (TPSA) is 49.8 Å². The number of carbonyl (C=O) groups is 1. The summed E-state index contributed by atoms with van der Waals surface area (Å²) in [6.45, 7) is 5.18. The third-order valence-corrected chi connectivity index (χ3v) is 2.71. The minimum absolute atomic E-state index is 0.0849. The number of rotatable bonds is 1. The van der Waals surface area contributed by atoms with E-state index in [-0.39, 0.29) is 6.54 Å². The summed E-state index contributed by atoms with van der Waals surface area (Å²) >= 11 is 0. The van der Waals surface area contributed by atoms with E-state index in [1.165, 1.54) is 4.90 Å². The predicted octanol–water partition coefficient (Wildman–Crippen LogP) is 2.11. The van der Waals surface area contributed by atoms with E-state index >= 15 is 0 Å². The molecule has 0 saturated carbocycles. The first kappa shape index (κ1) is 14.2. The second-order valence-corrected chi connectivity index (χ2v) is 5.67. The Balaban J connectivity index is 2.66. The largest absolute Gasteiger partial charge is 0.444 e. The molecule has 1 fully saturated rings. The van der Waals surface area contributed by atoms with Crippen molar-refractivity contribution < 1.29 is 19.0 Å². The third-order valence-electron chi connectivity index (χ3n) is 2.71. The zero-order valence-electron chi connectivity index (χ0n) is 10.8. The van der Waals surface area contributed by atoms with Gasteiger partial charge in [0.05, 0.1) is 13.2 Å². The Morgan fingerprint density at radius 2 is 2.12 bits per heavy atom. The maximum Gasteiger partial charge on any atom is 0.410 e. The van der Waals surface area contributed by atoms with Gasteiger partial charge in [0.2, 0.25) is 0 Å². The van der Waals surface area contributed by atoms with Crippen LogP contribution in [0.25, 0.3) is 0 Å². The van der Waals surface area contributed by atoms with Gasteiger partial charge in [0, 0.05) is 6.54 Å². The first-order valence-corrected chi connectivity index (χ1v) is 6.03. The van der Waals surface area contributed by atoms with Crippen molar-refractivity contribution in [2.75, 3.05) is 19.7 Å². The van der Waals surface area contributed by atoms with Crippen LogP contribution in [-0.4, -0.2) is 47.1 Å². The van der Waals surface area contributed by atoms with Gasteiger partial charge in [-0.25, -0.2) is 9.18 Å². The quantitative estimate of drug-likeness (QED) is 0.772. The zero-order valence-corrected chi connectivity index (χ0v) is 10.8. The highest BCUT2D eigenvalue weighted by atomic mass is 19.1. The molecule has 1 rings (SSSR count). The van der Waals surface area contributed by atoms with Crippen molar-refractivity contribution in [3.8, 4) is 0 Å². The Morgan fingerprint density at radius 3 is 2.65 bits per heavy atom. The van der Waals surface area contributed by atoms with Crippen molar-refractivity contribution in [1.82, 2.24) is 4.90 Å². The van der Waals surface area contributed by atoms with Crippen LogP contribution in [0, 0.1) is 0 Å². The Morgan fingerprint density at radius 1 is 1.47 bits per heavy atom. The standard InChI is InChI=1S/C12H22FNO3/c1-11(2,3)17-10(16)14-7-5-4-6-12(13,8-14)9-15/h15H,4-9H2,1-3H3. The van der Waals surface area contributed by atoms with Gasteiger partial charge in [0.25, 0.3) is 0 Å². The van der Waals surface area contributed by atoms with Crippen LogP contribution in [0.3, 0.4) is 0 Å². The lowest BCUT2D eigenvalue weighted by molar-refractivity contribution is 0.00117. The van der Waals surface area contributed by atoms with E-state index in [0.29, 0.717) is 19.4 Å². The Bertz CT molecular complexity index is 277. The van der Waals surface area contributed by atoms with Crippen LogP contribution in [0.15, 0.2) is 0 Å². The van der Waals surface area contributed by atoms with Crippen LogP contribution in [0.4, 0.5) is 9.18 Å². The van der Waals surface area contributed by atoms with Crippen molar-refractivity contribution in [3.63, 3.8) is 0 Å². The average Bonchev–Trinajstić information content (AvgIpc) is 2.39. The summed E-state index contributed by atoms with van der Waals surface area (Å²) in [4.78, 5) is 13.2. The molecule has 1 aliphatic heterocycles. The number of alkyl halides is 1. The highest BCUT2D eigenvalue weighted by Gasteiger charge is 2.36. The number of halogens is 1. The SMILES string of the molecule is CC(C)(C)OC(=O)N1CCCCC(F)(CO)C1. The molecule has 1 N–H and O–H groups in total. The molecule has 5 heteroatoms. The van der Waals surface area contributed by atoms with E-state index in [0.717, 1.165) is 6.42 Å². The van der Waals surface area contributed by atoms with E-state index in [9.17, 15) is 9.18 Å². The fraction of sp³-hybridized carbons (Fsp3) is 0.917. The average molecular weight is 247 g/mol. The lowest BCUT2D eigenvalue weighted by atomic mass is 10.0. The molecule has 0 aromatic carbocycles. The third kappa shape index (κ3) is 4.50. The summed E-state index contributed by atoms with van der Waals surface area (Å²) in [6, 6.07) is 0. The number of ether oxygens (including phenoxy) is 1. The van der Waals surface area contributed by atoms with Crippen LogP contribution in [0.2, 0.25) is 0 Å². The highest BCUT2D eigenvalue weighted by molar-refractivity contribution is 5.68. The first-order chi connectivity index (χ1) is 7.76. The van der Waals surface area contributed by atoms with E-state index in [4.69, 9.17) is 9.84 Å². The van der Waals surface area contributed by atoms with Crippen molar-refractivity contribution >= 4 is 6.09 Å². The van der Waals surface area contributed by atoms with Crippen molar-refractivity contribution in [2.45, 2.75) is 51.3 Å². The molecule has 100 valence electrons. The number of amides is 1. The number of hydrogen-bond donors (Lipinski definition) is 1. The van der Waals surface area contributed by atoms with Crippen LogP contribution < -0.4 is 0 Å². The fourth-order valence-corrected chi connectivity index (χ4v) is 1.86. The molecule has 0 bridgehead atoms. The molecule has 0 spiro atoms. The molecule has 1 aliphatic rings. The van der Waals surface area contributed by atoms with Crippen LogP contribution in [0.1, 0.15) is 40.0 Å². The molecule has 1 atom stereocenters. The smallest absolute Gasteiger partial charge is 0.410 e. The van der Waals surface area contributed by atoms with Gasteiger partial charge in [-0.05, 0) is 40.0 Å². The van der Waals surface area contributed by atoms with E-state index in [1.807, 2.05) is 0 Å². The highest BCUT2D eigenvalue weighted by Crippen LogP contribution is 2.25. The molecule has 0 aromatic rings. The molecule has 0 aromatic heterocycles. The van der Waals surface area contributed by atoms with Gasteiger partial charge in [0.1, 0.15) is 5.60 Å². The summed E-state index contributed by atoms with van der Waals surface area (Å²) in [5.41, 5.74) is -2.27. The van der Waals surface area contributed by atoms with Gasteiger partial charge >= 0.3 is 6.09 Å². The van der Waals surface area contributed by atoms with Gasteiger partial charge in [-0.1, -0.05) is 0 Å². The number of nitrogens with zero attached hydrogens (tertiary/aromatic N) is 1. The molecule has 4 nitrogen and oxygen atoms in total. The van der Waals surface area contributed by atoms with Crippen LogP contribution in [-0.2, 0) is 4.74 Å².